The number of nitrogens with one attached hydrogen (secondary N) is 1. The second-order valence-corrected chi connectivity index (χ2v) is 4.95. The van der Waals surface area contributed by atoms with Gasteiger partial charge in [-0.2, -0.15) is 0 Å². The normalized spacial score (nSPS) is 10.5. The predicted molar refractivity (Wildman–Crippen MR) is 88.1 cm³/mol. The van der Waals surface area contributed by atoms with E-state index in [0.29, 0.717) is 11.4 Å². The molecular formula is C17H18N2O4. The third-order valence-electron chi connectivity index (χ3n) is 2.94. The fourth-order valence-electron chi connectivity index (χ4n) is 1.76. The van der Waals surface area contributed by atoms with E-state index in [1.165, 1.54) is 18.4 Å². The molecule has 0 fully saturated rings. The summed E-state index contributed by atoms with van der Waals surface area (Å²) in [4.78, 5) is 25.2. The summed E-state index contributed by atoms with van der Waals surface area (Å²) in [6.07, 6.45) is 4.18. The second kappa shape index (κ2) is 7.84. The van der Waals surface area contributed by atoms with E-state index in [0.717, 1.165) is 5.69 Å². The Balaban J connectivity index is 1.77. The first-order valence-corrected chi connectivity index (χ1v) is 7.00. The first kappa shape index (κ1) is 16.4. The number of anilines is 2. The molecule has 0 aliphatic heterocycles. The molecule has 0 aliphatic rings. The summed E-state index contributed by atoms with van der Waals surface area (Å²) < 4.78 is 9.89. The number of esters is 1. The maximum Gasteiger partial charge on any atom is 0.331 e. The molecule has 2 rings (SSSR count). The van der Waals surface area contributed by atoms with Gasteiger partial charge in [-0.1, -0.05) is 0 Å². The van der Waals surface area contributed by atoms with E-state index in [4.69, 9.17) is 9.15 Å². The van der Waals surface area contributed by atoms with Crippen LogP contribution in [-0.4, -0.2) is 32.6 Å². The zero-order valence-corrected chi connectivity index (χ0v) is 13.0. The average Bonchev–Trinajstić information content (AvgIpc) is 3.05. The Morgan fingerprint density at radius 3 is 2.57 bits per heavy atom. The minimum Gasteiger partial charge on any atom is -0.465 e. The Morgan fingerprint density at radius 2 is 1.96 bits per heavy atom. The van der Waals surface area contributed by atoms with Crippen molar-refractivity contribution in [2.75, 3.05) is 30.9 Å². The Bertz CT molecular complexity index is 673. The third-order valence-corrected chi connectivity index (χ3v) is 2.94. The molecule has 120 valence electrons. The molecule has 2 aromatic rings. The Kier molecular flexibility index (Phi) is 5.57. The first-order chi connectivity index (χ1) is 11.0. The lowest BCUT2D eigenvalue weighted by Gasteiger charge is -2.13. The smallest absolute Gasteiger partial charge is 0.331 e. The van der Waals surface area contributed by atoms with Gasteiger partial charge in [-0.05, 0) is 42.5 Å². The highest BCUT2D eigenvalue weighted by molar-refractivity contribution is 5.94. The molecule has 1 aromatic carbocycles. The number of nitrogens with zero attached hydrogens (tertiary/aromatic N) is 1. The van der Waals surface area contributed by atoms with Crippen molar-refractivity contribution in [1.82, 2.24) is 0 Å². The quantitative estimate of drug-likeness (QED) is 0.655. The fourth-order valence-corrected chi connectivity index (χ4v) is 1.76. The number of furan rings is 1. The first-order valence-electron chi connectivity index (χ1n) is 7.00. The molecular weight excluding hydrogens is 296 g/mol. The zero-order valence-electron chi connectivity index (χ0n) is 13.0. The van der Waals surface area contributed by atoms with E-state index >= 15 is 0 Å². The maximum absolute atomic E-state index is 11.7. The summed E-state index contributed by atoms with van der Waals surface area (Å²) in [7, 11) is 3.87. The van der Waals surface area contributed by atoms with Crippen molar-refractivity contribution < 1.29 is 18.7 Å². The standard InChI is InChI=1S/C17H18N2O4/c1-19(2)14-7-5-13(6-8-14)18-16(20)12-23-17(21)10-9-15-4-3-11-22-15/h3-11H,12H2,1-2H3,(H,18,20). The molecule has 0 unspecified atom stereocenters. The minimum absolute atomic E-state index is 0.350. The highest BCUT2D eigenvalue weighted by atomic mass is 16.5. The van der Waals surface area contributed by atoms with Crippen molar-refractivity contribution in [2.45, 2.75) is 0 Å². The van der Waals surface area contributed by atoms with Gasteiger partial charge in [0.25, 0.3) is 5.91 Å². The Morgan fingerprint density at radius 1 is 1.22 bits per heavy atom. The van der Waals surface area contributed by atoms with Crippen LogP contribution in [0.3, 0.4) is 0 Å². The van der Waals surface area contributed by atoms with E-state index in [-0.39, 0.29) is 6.61 Å². The van der Waals surface area contributed by atoms with Gasteiger partial charge in [0.15, 0.2) is 6.61 Å². The largest absolute Gasteiger partial charge is 0.465 e. The fraction of sp³-hybridized carbons (Fsp3) is 0.176. The van der Waals surface area contributed by atoms with Gasteiger partial charge in [0, 0.05) is 31.5 Å². The summed E-state index contributed by atoms with van der Waals surface area (Å²) in [6, 6.07) is 10.7. The number of hydrogen-bond donors (Lipinski definition) is 1. The molecule has 0 radical (unpaired) electrons. The van der Waals surface area contributed by atoms with E-state index in [1.807, 2.05) is 31.1 Å². The average molecular weight is 314 g/mol. The molecule has 23 heavy (non-hydrogen) atoms. The molecule has 1 heterocycles. The van der Waals surface area contributed by atoms with Crippen molar-refractivity contribution in [2.24, 2.45) is 0 Å². The molecule has 6 heteroatoms. The number of carbonyl (C=O) groups excluding carboxylic acids is 2. The van der Waals surface area contributed by atoms with Gasteiger partial charge in [0.1, 0.15) is 5.76 Å². The van der Waals surface area contributed by atoms with Crippen LogP contribution in [0.5, 0.6) is 0 Å². The zero-order chi connectivity index (χ0) is 16.7. The van der Waals surface area contributed by atoms with Gasteiger partial charge >= 0.3 is 5.97 Å². The molecule has 0 atom stereocenters. The molecule has 6 nitrogen and oxygen atoms in total. The van der Waals surface area contributed by atoms with E-state index in [2.05, 4.69) is 5.32 Å². The van der Waals surface area contributed by atoms with Gasteiger partial charge < -0.3 is 19.4 Å². The number of amides is 1. The number of benzene rings is 1. The summed E-state index contributed by atoms with van der Waals surface area (Å²) in [5.74, 6) is -0.478. The Hall–Kier alpha value is -3.02. The monoisotopic (exact) mass is 314 g/mol. The third kappa shape index (κ3) is 5.35. The van der Waals surface area contributed by atoms with Crippen LogP contribution < -0.4 is 10.2 Å². The van der Waals surface area contributed by atoms with Crippen molar-refractivity contribution in [1.29, 1.82) is 0 Å². The predicted octanol–water partition coefficient (Wildman–Crippen LogP) is 2.54. The van der Waals surface area contributed by atoms with Gasteiger partial charge in [-0.25, -0.2) is 4.79 Å². The number of hydrogen-bond acceptors (Lipinski definition) is 5. The van der Waals surface area contributed by atoms with Crippen molar-refractivity contribution in [3.05, 3.63) is 54.5 Å². The topological polar surface area (TPSA) is 71.8 Å². The van der Waals surface area contributed by atoms with Crippen LogP contribution in [0.15, 0.2) is 53.2 Å². The van der Waals surface area contributed by atoms with Gasteiger partial charge in [0.05, 0.1) is 6.26 Å². The lowest BCUT2D eigenvalue weighted by molar-refractivity contribution is -0.142. The van der Waals surface area contributed by atoms with E-state index in [1.54, 1.807) is 24.3 Å². The van der Waals surface area contributed by atoms with E-state index < -0.39 is 11.9 Å². The summed E-state index contributed by atoms with van der Waals surface area (Å²) in [5, 5.41) is 2.66. The van der Waals surface area contributed by atoms with Crippen LogP contribution in [0.25, 0.3) is 6.08 Å². The molecule has 0 bridgehead atoms. The molecule has 0 spiro atoms. The second-order valence-electron chi connectivity index (χ2n) is 4.95. The lowest BCUT2D eigenvalue weighted by Crippen LogP contribution is -2.20. The van der Waals surface area contributed by atoms with Crippen molar-refractivity contribution >= 4 is 29.3 Å². The summed E-state index contributed by atoms with van der Waals surface area (Å²) in [5.41, 5.74) is 1.67. The van der Waals surface area contributed by atoms with Crippen LogP contribution in [-0.2, 0) is 14.3 Å². The minimum atomic E-state index is -0.612. The molecule has 1 aromatic heterocycles. The molecule has 0 aliphatic carbocycles. The summed E-state index contributed by atoms with van der Waals surface area (Å²) >= 11 is 0. The number of carbonyl (C=O) groups is 2. The maximum atomic E-state index is 11.7. The SMILES string of the molecule is CN(C)c1ccc(NC(=O)COC(=O)C=Cc2ccco2)cc1. The van der Waals surface area contributed by atoms with Crippen LogP contribution in [0.4, 0.5) is 11.4 Å². The van der Waals surface area contributed by atoms with Crippen LogP contribution >= 0.6 is 0 Å². The number of rotatable bonds is 6. The van der Waals surface area contributed by atoms with Gasteiger partial charge in [-0.3, -0.25) is 4.79 Å². The van der Waals surface area contributed by atoms with Crippen LogP contribution in [0.1, 0.15) is 5.76 Å². The molecule has 0 saturated heterocycles. The van der Waals surface area contributed by atoms with Crippen molar-refractivity contribution in [3.63, 3.8) is 0 Å². The van der Waals surface area contributed by atoms with Crippen LogP contribution in [0.2, 0.25) is 0 Å². The highest BCUT2D eigenvalue weighted by Gasteiger charge is 2.06. The van der Waals surface area contributed by atoms with Crippen LogP contribution in [0, 0.1) is 0 Å². The van der Waals surface area contributed by atoms with Gasteiger partial charge in [-0.15, -0.1) is 0 Å². The molecule has 1 N–H and O–H groups in total. The number of ether oxygens (including phenoxy) is 1. The molecule has 1 amide bonds. The van der Waals surface area contributed by atoms with Gasteiger partial charge in [0.2, 0.25) is 0 Å². The summed E-state index contributed by atoms with van der Waals surface area (Å²) in [6.45, 7) is -0.350. The highest BCUT2D eigenvalue weighted by Crippen LogP contribution is 2.15. The lowest BCUT2D eigenvalue weighted by atomic mass is 10.2. The van der Waals surface area contributed by atoms with E-state index in [9.17, 15) is 9.59 Å². The Labute approximate surface area is 134 Å². The van der Waals surface area contributed by atoms with Crippen molar-refractivity contribution in [3.8, 4) is 0 Å². The molecule has 0 saturated carbocycles.